The molecule has 0 heterocycles. The summed E-state index contributed by atoms with van der Waals surface area (Å²) in [6, 6.07) is 22.1. The van der Waals surface area contributed by atoms with Crippen LogP contribution in [0.4, 0.5) is 0 Å². The molecule has 0 aliphatic heterocycles. The van der Waals surface area contributed by atoms with Gasteiger partial charge in [0.2, 0.25) is 0 Å². The number of hydrogen-bond acceptors (Lipinski definition) is 0. The molecule has 0 atom stereocenters. The molecule has 0 bridgehead atoms. The van der Waals surface area contributed by atoms with Crippen molar-refractivity contribution in [3.8, 4) is 0 Å². The Morgan fingerprint density at radius 2 is 1.46 bits per heavy atom. The summed E-state index contributed by atoms with van der Waals surface area (Å²) in [4.78, 5) is 0. The Labute approximate surface area is 203 Å². The van der Waals surface area contributed by atoms with Crippen molar-refractivity contribution in [1.29, 1.82) is 0 Å². The molecule has 0 amide bonds. The smallest absolute Gasteiger partial charge is 1.00 e. The van der Waals surface area contributed by atoms with Gasteiger partial charge < -0.3 is 37.2 Å². The zero-order valence-electron chi connectivity index (χ0n) is 16.4. The van der Waals surface area contributed by atoms with Crippen LogP contribution in [0.1, 0.15) is 44.6 Å². The van der Waals surface area contributed by atoms with Crippen LogP contribution < -0.4 is 42.4 Å². The minimum atomic E-state index is -0.326. The Hall–Kier alpha value is -0.279. The van der Waals surface area contributed by atoms with Gasteiger partial charge >= 0.3 is 167 Å². The topological polar surface area (TPSA) is 0 Å². The van der Waals surface area contributed by atoms with Crippen LogP contribution in [0.2, 0.25) is 0 Å². The van der Waals surface area contributed by atoms with Gasteiger partial charge in [-0.3, -0.25) is 0 Å². The molecule has 28 heavy (non-hydrogen) atoms. The first-order valence-electron chi connectivity index (χ1n) is 9.50. The molecule has 0 saturated carbocycles. The van der Waals surface area contributed by atoms with Gasteiger partial charge in [0.05, 0.1) is 0 Å². The van der Waals surface area contributed by atoms with Crippen molar-refractivity contribution in [2.45, 2.75) is 45.4 Å². The van der Waals surface area contributed by atoms with E-state index >= 15 is 0 Å². The maximum absolute atomic E-state index is 2.39. The molecular formula is C23H27Cl3SiTi. The van der Waals surface area contributed by atoms with Crippen LogP contribution in [0.5, 0.6) is 0 Å². The zero-order chi connectivity index (χ0) is 17.5. The maximum Gasteiger partial charge on any atom is -1.00 e. The average molecular weight is 486 g/mol. The van der Waals surface area contributed by atoms with E-state index in [0.29, 0.717) is 0 Å². The first kappa shape index (κ1) is 27.7. The standard InChI is InChI=1S/C23H27Si.3ClH.Ti/c1-2-3-6-13-20-17-23(24-22-14-9-5-10-15-22)18-21(20)16-19-11-7-4-8-12-19;;;;/h4-5,7-12,14-15H,2-3,6,13,16-17,24H2,1H3;3*1H;/q;;;;+3/p-3. The number of rotatable bonds is 8. The second-order valence-electron chi connectivity index (χ2n) is 7.02. The second kappa shape index (κ2) is 14.7. The molecule has 5 heteroatoms. The third kappa shape index (κ3) is 7.86. The molecule has 3 rings (SSSR count). The van der Waals surface area contributed by atoms with Gasteiger partial charge in [0.25, 0.3) is 0 Å². The summed E-state index contributed by atoms with van der Waals surface area (Å²) in [6.07, 6.45) is 7.66. The van der Waals surface area contributed by atoms with Crippen molar-refractivity contribution in [3.63, 3.8) is 0 Å². The molecular weight excluding hydrogens is 459 g/mol. The summed E-state index contributed by atoms with van der Waals surface area (Å²) in [5.74, 6) is 0. The van der Waals surface area contributed by atoms with Crippen molar-refractivity contribution in [2.24, 2.45) is 0 Å². The van der Waals surface area contributed by atoms with Gasteiger partial charge in [-0.25, -0.2) is 0 Å². The summed E-state index contributed by atoms with van der Waals surface area (Å²) < 4.78 is 1.62. The van der Waals surface area contributed by atoms with E-state index in [9.17, 15) is 0 Å². The number of unbranched alkanes of at least 4 members (excludes halogenated alkanes) is 2. The van der Waals surface area contributed by atoms with Gasteiger partial charge in [0.15, 0.2) is 0 Å². The summed E-state index contributed by atoms with van der Waals surface area (Å²) in [6.45, 7) is 2.30. The van der Waals surface area contributed by atoms with E-state index in [1.54, 1.807) is 25.4 Å². The van der Waals surface area contributed by atoms with E-state index in [1.807, 2.05) is 0 Å². The van der Waals surface area contributed by atoms with E-state index in [1.165, 1.54) is 37.7 Å². The quantitative estimate of drug-likeness (QED) is 0.263. The van der Waals surface area contributed by atoms with Crippen LogP contribution >= 0.6 is 0 Å². The van der Waals surface area contributed by atoms with Crippen molar-refractivity contribution < 1.29 is 57.7 Å². The molecule has 2 aromatic carbocycles. The fourth-order valence-electron chi connectivity index (χ4n) is 3.68. The van der Waals surface area contributed by atoms with Gasteiger partial charge in [-0.1, -0.05) is 0 Å². The van der Waals surface area contributed by atoms with Crippen molar-refractivity contribution in [3.05, 3.63) is 86.4 Å². The van der Waals surface area contributed by atoms with E-state index in [-0.39, 0.29) is 46.7 Å². The summed E-state index contributed by atoms with van der Waals surface area (Å²) in [7, 11) is -0.326. The van der Waals surface area contributed by atoms with Crippen LogP contribution in [0.15, 0.2) is 80.9 Å². The van der Waals surface area contributed by atoms with E-state index < -0.39 is 0 Å². The number of benzene rings is 2. The summed E-state index contributed by atoms with van der Waals surface area (Å²) in [5, 5.41) is 3.34. The molecule has 1 aliphatic carbocycles. The number of allylic oxidation sites excluding steroid dienone is 4. The Kier molecular flexibility index (Phi) is 14.5. The molecule has 1 aliphatic rings. The minimum Gasteiger partial charge on any atom is -1.00 e. The van der Waals surface area contributed by atoms with Crippen LogP contribution in [0.25, 0.3) is 0 Å². The molecule has 0 nitrogen and oxygen atoms in total. The van der Waals surface area contributed by atoms with Crippen LogP contribution in [0, 0.1) is 0 Å². The van der Waals surface area contributed by atoms with Gasteiger partial charge in [-0.2, -0.15) is 0 Å². The van der Waals surface area contributed by atoms with E-state index in [0.717, 1.165) is 6.42 Å². The average Bonchev–Trinajstić information content (AvgIpc) is 2.93. The molecule has 0 radical (unpaired) electrons. The predicted octanol–water partition coefficient (Wildman–Crippen LogP) is -4.23. The van der Waals surface area contributed by atoms with Crippen molar-refractivity contribution >= 4 is 14.7 Å². The Bertz CT molecular complexity index is 758. The van der Waals surface area contributed by atoms with Gasteiger partial charge in [0.1, 0.15) is 0 Å². The monoisotopic (exact) mass is 484 g/mol. The molecule has 0 N–H and O–H groups in total. The number of halogens is 3. The molecule has 0 unspecified atom stereocenters. The fraction of sp³-hybridized carbons (Fsp3) is 0.304. The molecule has 0 saturated heterocycles. The largest absolute Gasteiger partial charge is 1.00 e. The Balaban J connectivity index is 0.00000243. The normalized spacial score (nSPS) is 13.4. The Morgan fingerprint density at radius 1 is 0.857 bits per heavy atom. The molecule has 0 aromatic heterocycles. The van der Waals surface area contributed by atoms with Crippen LogP contribution in [-0.2, 0) is 26.9 Å². The second-order valence-corrected chi connectivity index (χ2v) is 9.82. The van der Waals surface area contributed by atoms with E-state index in [4.69, 9.17) is 0 Å². The maximum atomic E-state index is 2.39. The fourth-order valence-corrected chi connectivity index (χ4v) is 6.46. The molecule has 0 fully saturated rings. The third-order valence-corrected chi connectivity index (χ3v) is 8.56. The van der Waals surface area contributed by atoms with Gasteiger partial charge in [0, 0.05) is 0 Å². The van der Waals surface area contributed by atoms with Crippen LogP contribution in [-0.4, -0.2) is 9.52 Å². The minimum absolute atomic E-state index is 0. The zero-order valence-corrected chi connectivity index (χ0v) is 21.6. The molecule has 2 aromatic rings. The predicted molar refractivity (Wildman–Crippen MR) is 108 cm³/mol. The van der Waals surface area contributed by atoms with Crippen LogP contribution in [0.3, 0.4) is 0 Å². The molecule has 0 spiro atoms. The van der Waals surface area contributed by atoms with Crippen molar-refractivity contribution in [2.75, 3.05) is 0 Å². The molecule has 148 valence electrons. The summed E-state index contributed by atoms with van der Waals surface area (Å²) >= 11 is 2.39. The summed E-state index contributed by atoms with van der Waals surface area (Å²) in [5.41, 5.74) is 4.83. The first-order valence-corrected chi connectivity index (χ1v) is 11.7. The third-order valence-electron chi connectivity index (χ3n) is 5.08. The first-order chi connectivity index (χ1) is 12.3. The van der Waals surface area contributed by atoms with Gasteiger partial charge in [-0.05, 0) is 0 Å². The Morgan fingerprint density at radius 3 is 2.07 bits per heavy atom. The number of hydrogen-bond donors (Lipinski definition) is 0. The van der Waals surface area contributed by atoms with E-state index in [2.05, 4.69) is 88.0 Å². The van der Waals surface area contributed by atoms with Gasteiger partial charge in [-0.15, -0.1) is 0 Å². The SMILES string of the molecule is CCCCCC1=C(Cc2ccccc2)[C]([Ti+3])=C([SiH2]c2ccccc2)C1.[Cl-].[Cl-].[Cl-]. The van der Waals surface area contributed by atoms with Crippen molar-refractivity contribution in [1.82, 2.24) is 0 Å².